The molecule has 0 unspecified atom stereocenters. The number of carbonyl (C=O) groups excluding carboxylic acids is 1. The van der Waals surface area contributed by atoms with Crippen LogP contribution in [0.15, 0.2) is 57.7 Å². The zero-order valence-corrected chi connectivity index (χ0v) is 18.1. The third-order valence-electron chi connectivity index (χ3n) is 5.53. The Morgan fingerprint density at radius 2 is 1.85 bits per heavy atom. The molecule has 0 spiro atoms. The first-order chi connectivity index (χ1) is 15.9. The van der Waals surface area contributed by atoms with Crippen LogP contribution in [0, 0.1) is 10.1 Å². The summed E-state index contributed by atoms with van der Waals surface area (Å²) in [7, 11) is 1.60. The second-order valence-corrected chi connectivity index (χ2v) is 7.59. The largest absolute Gasteiger partial charge is 0.497 e. The molecule has 10 nitrogen and oxygen atoms in total. The molecule has 0 radical (unpaired) electrons. The smallest absolute Gasteiger partial charge is 0.349 e. The first kappa shape index (κ1) is 22.3. The molecule has 1 amide bonds. The lowest BCUT2D eigenvalue weighted by Gasteiger charge is -2.34. The molecule has 3 aromatic rings. The average Bonchev–Trinajstić information content (AvgIpc) is 2.83. The Kier molecular flexibility index (Phi) is 6.55. The zero-order valence-electron chi connectivity index (χ0n) is 18.1. The van der Waals surface area contributed by atoms with E-state index in [-0.39, 0.29) is 16.8 Å². The molecule has 2 aromatic carbocycles. The lowest BCUT2D eigenvalue weighted by Crippen LogP contribution is -2.50. The van der Waals surface area contributed by atoms with Gasteiger partial charge in [0, 0.05) is 56.3 Å². The van der Waals surface area contributed by atoms with Gasteiger partial charge in [-0.05, 0) is 24.3 Å². The van der Waals surface area contributed by atoms with Crippen molar-refractivity contribution in [3.8, 4) is 11.5 Å². The molecule has 0 bridgehead atoms. The third kappa shape index (κ3) is 5.12. The molecule has 2 heterocycles. The molecule has 4 rings (SSSR count). The van der Waals surface area contributed by atoms with Gasteiger partial charge in [0.15, 0.2) is 0 Å². The predicted molar refractivity (Wildman–Crippen MR) is 120 cm³/mol. The van der Waals surface area contributed by atoms with Crippen LogP contribution in [0.1, 0.15) is 10.4 Å². The number of rotatable bonds is 7. The van der Waals surface area contributed by atoms with E-state index in [9.17, 15) is 19.7 Å². The monoisotopic (exact) mass is 453 g/mol. The number of hydrogen-bond donors (Lipinski definition) is 0. The van der Waals surface area contributed by atoms with Crippen molar-refractivity contribution in [3.63, 3.8) is 0 Å². The number of piperazine rings is 1. The lowest BCUT2D eigenvalue weighted by molar-refractivity contribution is -0.384. The van der Waals surface area contributed by atoms with Crippen molar-refractivity contribution >= 4 is 22.6 Å². The topological polar surface area (TPSA) is 115 Å². The van der Waals surface area contributed by atoms with E-state index in [4.69, 9.17) is 13.9 Å². The molecule has 1 aliphatic rings. The van der Waals surface area contributed by atoms with Crippen LogP contribution in [0.5, 0.6) is 11.5 Å². The van der Waals surface area contributed by atoms with Crippen molar-refractivity contribution in [2.24, 2.45) is 0 Å². The summed E-state index contributed by atoms with van der Waals surface area (Å²) in [5, 5.41) is 11.3. The summed E-state index contributed by atoms with van der Waals surface area (Å²) in [4.78, 5) is 39.5. The highest BCUT2D eigenvalue weighted by molar-refractivity contribution is 5.97. The Labute approximate surface area is 189 Å². The molecule has 0 N–H and O–H groups in total. The van der Waals surface area contributed by atoms with E-state index >= 15 is 0 Å². The Morgan fingerprint density at radius 1 is 1.09 bits per heavy atom. The van der Waals surface area contributed by atoms with Gasteiger partial charge < -0.3 is 18.8 Å². The molecule has 0 aliphatic carbocycles. The Hall–Kier alpha value is -3.92. The fourth-order valence-electron chi connectivity index (χ4n) is 3.70. The van der Waals surface area contributed by atoms with Gasteiger partial charge in [-0.1, -0.05) is 6.07 Å². The van der Waals surface area contributed by atoms with Crippen molar-refractivity contribution in [2.75, 3.05) is 46.4 Å². The van der Waals surface area contributed by atoms with Crippen LogP contribution in [0.2, 0.25) is 0 Å². The molecular weight excluding hydrogens is 430 g/mol. The number of ether oxygens (including phenoxy) is 2. The average molecular weight is 453 g/mol. The fraction of sp³-hybridized carbons (Fsp3) is 0.304. The maximum atomic E-state index is 12.9. The van der Waals surface area contributed by atoms with E-state index in [0.29, 0.717) is 44.7 Å². The lowest BCUT2D eigenvalue weighted by atomic mass is 10.1. The molecule has 10 heteroatoms. The second-order valence-electron chi connectivity index (χ2n) is 7.59. The van der Waals surface area contributed by atoms with E-state index < -0.39 is 16.5 Å². The maximum Gasteiger partial charge on any atom is 0.349 e. The maximum absolute atomic E-state index is 12.9. The first-order valence-electron chi connectivity index (χ1n) is 10.5. The Balaban J connectivity index is 1.35. The number of nitrogens with zero attached hydrogens (tertiary/aromatic N) is 3. The van der Waals surface area contributed by atoms with Crippen LogP contribution in [0.25, 0.3) is 11.0 Å². The van der Waals surface area contributed by atoms with Gasteiger partial charge in [0.2, 0.25) is 0 Å². The van der Waals surface area contributed by atoms with Crippen molar-refractivity contribution in [1.82, 2.24) is 9.80 Å². The standard InChI is InChI=1S/C23H23N3O7/c1-31-18-3-2-4-19(15-18)32-12-11-24-7-9-25(10-8-24)22(27)20-14-16-13-17(26(29)30)5-6-21(16)33-23(20)28/h2-6,13-15H,7-12H2,1H3. The molecule has 1 saturated heterocycles. The number of fused-ring (bicyclic) bond motifs is 1. The number of carbonyl (C=O) groups is 1. The van der Waals surface area contributed by atoms with Gasteiger partial charge in [-0.2, -0.15) is 0 Å². The van der Waals surface area contributed by atoms with E-state index in [2.05, 4.69) is 4.90 Å². The van der Waals surface area contributed by atoms with Crippen LogP contribution < -0.4 is 15.1 Å². The molecule has 1 fully saturated rings. The highest BCUT2D eigenvalue weighted by Crippen LogP contribution is 2.21. The van der Waals surface area contributed by atoms with Gasteiger partial charge in [0.25, 0.3) is 11.6 Å². The molecule has 33 heavy (non-hydrogen) atoms. The van der Waals surface area contributed by atoms with Gasteiger partial charge in [0.05, 0.1) is 12.0 Å². The van der Waals surface area contributed by atoms with Gasteiger partial charge in [-0.25, -0.2) is 4.79 Å². The Bertz CT molecular complexity index is 1230. The minimum Gasteiger partial charge on any atom is -0.497 e. The fourth-order valence-corrected chi connectivity index (χ4v) is 3.70. The SMILES string of the molecule is COc1cccc(OCCN2CCN(C(=O)c3cc4cc([N+](=O)[O-])ccc4oc3=O)CC2)c1. The number of benzene rings is 2. The van der Waals surface area contributed by atoms with Crippen molar-refractivity contribution < 1.29 is 23.6 Å². The van der Waals surface area contributed by atoms with Gasteiger partial charge in [-0.15, -0.1) is 0 Å². The van der Waals surface area contributed by atoms with Crippen molar-refractivity contribution in [2.45, 2.75) is 0 Å². The van der Waals surface area contributed by atoms with E-state index in [1.54, 1.807) is 12.0 Å². The summed E-state index contributed by atoms with van der Waals surface area (Å²) in [5.74, 6) is 1.02. The summed E-state index contributed by atoms with van der Waals surface area (Å²) in [6.07, 6.45) is 0. The highest BCUT2D eigenvalue weighted by atomic mass is 16.6. The molecule has 172 valence electrons. The van der Waals surface area contributed by atoms with Gasteiger partial charge >= 0.3 is 5.63 Å². The normalized spacial score (nSPS) is 14.3. The van der Waals surface area contributed by atoms with E-state index in [1.807, 2.05) is 24.3 Å². The number of nitro benzene ring substituents is 1. The molecule has 0 atom stereocenters. The highest BCUT2D eigenvalue weighted by Gasteiger charge is 2.25. The summed E-state index contributed by atoms with van der Waals surface area (Å²) < 4.78 is 16.2. The first-order valence-corrected chi connectivity index (χ1v) is 10.5. The number of methoxy groups -OCH3 is 1. The minimum atomic E-state index is -0.754. The van der Waals surface area contributed by atoms with E-state index in [0.717, 1.165) is 11.5 Å². The summed E-state index contributed by atoms with van der Waals surface area (Å²) in [6.45, 7) is 3.36. The van der Waals surface area contributed by atoms with Crippen LogP contribution in [0.4, 0.5) is 5.69 Å². The number of nitro groups is 1. The minimum absolute atomic E-state index is 0.127. The van der Waals surface area contributed by atoms with Crippen molar-refractivity contribution in [1.29, 1.82) is 0 Å². The number of amides is 1. The summed E-state index contributed by atoms with van der Waals surface area (Å²) in [6, 6.07) is 12.7. The summed E-state index contributed by atoms with van der Waals surface area (Å²) >= 11 is 0. The molecule has 0 saturated carbocycles. The van der Waals surface area contributed by atoms with Crippen LogP contribution in [-0.2, 0) is 0 Å². The second kappa shape index (κ2) is 9.70. The zero-order chi connectivity index (χ0) is 23.4. The van der Waals surface area contributed by atoms with Gasteiger partial charge in [0.1, 0.15) is 29.3 Å². The quantitative estimate of drug-likeness (QED) is 0.305. The number of non-ortho nitro benzene ring substituents is 1. The number of hydrogen-bond acceptors (Lipinski definition) is 8. The molecular formula is C23H23N3O7. The molecule has 1 aliphatic heterocycles. The van der Waals surface area contributed by atoms with Crippen molar-refractivity contribution in [3.05, 3.63) is 74.6 Å². The van der Waals surface area contributed by atoms with Crippen LogP contribution in [-0.4, -0.2) is 67.1 Å². The molecule has 1 aromatic heterocycles. The van der Waals surface area contributed by atoms with E-state index in [1.165, 1.54) is 24.3 Å². The van der Waals surface area contributed by atoms with Crippen LogP contribution >= 0.6 is 0 Å². The summed E-state index contributed by atoms with van der Waals surface area (Å²) in [5.41, 5.74) is -0.823. The van der Waals surface area contributed by atoms with Gasteiger partial charge in [-0.3, -0.25) is 19.8 Å². The predicted octanol–water partition coefficient (Wildman–Crippen LogP) is 2.55. The Morgan fingerprint density at radius 3 is 2.58 bits per heavy atom. The third-order valence-corrected chi connectivity index (χ3v) is 5.53. The van der Waals surface area contributed by atoms with Crippen LogP contribution in [0.3, 0.4) is 0 Å².